The molecule has 3 fully saturated rings. The van der Waals surface area contributed by atoms with E-state index in [1.807, 2.05) is 0 Å². The van der Waals surface area contributed by atoms with Gasteiger partial charge < -0.3 is 14.8 Å². The predicted octanol–water partition coefficient (Wildman–Crippen LogP) is 4.56. The van der Waals surface area contributed by atoms with Crippen LogP contribution >= 0.6 is 39.9 Å². The normalized spacial score (nSPS) is 37.2. The second-order valence-electron chi connectivity index (χ2n) is 7.62. The minimum Gasteiger partial charge on any atom is -0.376 e. The molecule has 1 amide bonds. The third-order valence-electron chi connectivity index (χ3n) is 5.43. The molecule has 1 aliphatic heterocycles. The number of thioether (sulfide) groups is 1. The Bertz CT molecular complexity index is 557. The highest BCUT2D eigenvalue weighted by Gasteiger charge is 2.32. The number of halogens is 1. The lowest BCUT2D eigenvalue weighted by Gasteiger charge is -2.33. The number of thiocarbonyl (C=S) groups is 1. The van der Waals surface area contributed by atoms with Crippen LogP contribution in [0.3, 0.4) is 0 Å². The molecule has 0 aromatic heterocycles. The van der Waals surface area contributed by atoms with E-state index < -0.39 is 0 Å². The fraction of sp³-hybridized carbons (Fsp3) is 0.789. The number of hydrogen-bond acceptors (Lipinski definition) is 5. The van der Waals surface area contributed by atoms with Gasteiger partial charge in [-0.05, 0) is 38.0 Å². The van der Waals surface area contributed by atoms with Crippen molar-refractivity contribution >= 4 is 50.1 Å². The van der Waals surface area contributed by atoms with Crippen molar-refractivity contribution in [3.05, 3.63) is 11.0 Å². The molecule has 0 bridgehead atoms. The van der Waals surface area contributed by atoms with E-state index in [2.05, 4.69) is 34.2 Å². The van der Waals surface area contributed by atoms with Crippen molar-refractivity contribution in [2.75, 3.05) is 13.2 Å². The van der Waals surface area contributed by atoms with Gasteiger partial charge in [-0.1, -0.05) is 65.8 Å². The summed E-state index contributed by atoms with van der Waals surface area (Å²) >= 11 is 10.2. The van der Waals surface area contributed by atoms with Crippen LogP contribution in [-0.2, 0) is 14.3 Å². The molecular weight excluding hydrogens is 434 g/mol. The summed E-state index contributed by atoms with van der Waals surface area (Å²) in [4.78, 5) is 13.1. The maximum atomic E-state index is 11.9. The first-order chi connectivity index (χ1) is 12.5. The first kappa shape index (κ1) is 20.8. The molecule has 5 atom stereocenters. The van der Waals surface area contributed by atoms with Gasteiger partial charge in [-0.15, -0.1) is 0 Å². The van der Waals surface area contributed by atoms with E-state index in [0.29, 0.717) is 33.4 Å². The van der Waals surface area contributed by atoms with E-state index in [-0.39, 0.29) is 17.9 Å². The van der Waals surface area contributed by atoms with E-state index in [9.17, 15) is 4.79 Å². The number of hydrogen-bond donors (Lipinski definition) is 1. The Kier molecular flexibility index (Phi) is 8.00. The van der Waals surface area contributed by atoms with Crippen LogP contribution in [0, 0.1) is 11.8 Å². The van der Waals surface area contributed by atoms with Gasteiger partial charge in [-0.2, -0.15) is 0 Å². The molecule has 0 spiro atoms. The number of carbonyl (C=O) groups excluding carboxylic acids is 1. The number of carbonyl (C=O) groups is 1. The van der Waals surface area contributed by atoms with E-state index in [0.717, 1.165) is 25.2 Å². The summed E-state index contributed by atoms with van der Waals surface area (Å²) in [6, 6.07) is 0. The van der Waals surface area contributed by atoms with Crippen molar-refractivity contribution in [3.63, 3.8) is 0 Å². The van der Waals surface area contributed by atoms with Crippen LogP contribution in [-0.4, -0.2) is 40.5 Å². The van der Waals surface area contributed by atoms with Crippen molar-refractivity contribution in [1.29, 1.82) is 0 Å². The van der Waals surface area contributed by atoms with Gasteiger partial charge in [0.25, 0.3) is 5.91 Å². The number of alkyl halides is 1. The first-order valence-electron chi connectivity index (χ1n) is 9.63. The second-order valence-corrected chi connectivity index (χ2v) is 10.6. The van der Waals surface area contributed by atoms with E-state index >= 15 is 0 Å². The van der Waals surface area contributed by atoms with Crippen LogP contribution in [0.4, 0.5) is 0 Å². The van der Waals surface area contributed by atoms with Crippen molar-refractivity contribution in [1.82, 2.24) is 5.32 Å². The van der Waals surface area contributed by atoms with Gasteiger partial charge in [0.2, 0.25) is 0 Å². The van der Waals surface area contributed by atoms with Crippen LogP contribution in [0.2, 0.25) is 0 Å². The summed E-state index contributed by atoms with van der Waals surface area (Å²) in [5.74, 6) is 0.934. The lowest BCUT2D eigenvalue weighted by Crippen LogP contribution is -2.32. The molecule has 146 valence electrons. The van der Waals surface area contributed by atoms with Gasteiger partial charge in [0.05, 0.1) is 30.3 Å². The number of nitrogens with one attached hydrogen (secondary N) is 1. The number of ether oxygens (including phenoxy) is 2. The standard InChI is InChI=1S/C19H28BrNO3S2/c1-12-3-2-4-15(9-12)23-7-8-24-16-6-5-14(20)10-13(16)11-17-18(22)21-19(25)26-17/h11-16H,2-10H2,1H3,(H,21,22,25)/b17-11-. The lowest BCUT2D eigenvalue weighted by molar-refractivity contribution is -0.115. The molecule has 1 heterocycles. The fourth-order valence-corrected chi connectivity index (χ4v) is 5.87. The minimum atomic E-state index is -0.0785. The summed E-state index contributed by atoms with van der Waals surface area (Å²) in [6.07, 6.45) is 10.7. The average molecular weight is 462 g/mol. The highest BCUT2D eigenvalue weighted by Crippen LogP contribution is 2.35. The van der Waals surface area contributed by atoms with Crippen molar-refractivity contribution in [3.8, 4) is 0 Å². The summed E-state index contributed by atoms with van der Waals surface area (Å²) < 4.78 is 12.7. The van der Waals surface area contributed by atoms with Crippen molar-refractivity contribution in [2.45, 2.75) is 68.9 Å². The highest BCUT2D eigenvalue weighted by molar-refractivity contribution is 9.09. The zero-order chi connectivity index (χ0) is 18.5. The van der Waals surface area contributed by atoms with Crippen LogP contribution < -0.4 is 5.32 Å². The van der Waals surface area contributed by atoms with Gasteiger partial charge in [0, 0.05) is 10.7 Å². The third-order valence-corrected chi connectivity index (χ3v) is 7.45. The van der Waals surface area contributed by atoms with Crippen LogP contribution in [0.5, 0.6) is 0 Å². The van der Waals surface area contributed by atoms with Gasteiger partial charge in [-0.25, -0.2) is 0 Å². The molecule has 4 nitrogen and oxygen atoms in total. The molecule has 7 heteroatoms. The molecule has 5 unspecified atom stereocenters. The smallest absolute Gasteiger partial charge is 0.263 e. The van der Waals surface area contributed by atoms with Gasteiger partial charge in [-0.3, -0.25) is 4.79 Å². The summed E-state index contributed by atoms with van der Waals surface area (Å²) in [7, 11) is 0. The molecule has 0 radical (unpaired) electrons. The quantitative estimate of drug-likeness (QED) is 0.271. The topological polar surface area (TPSA) is 47.6 Å². The van der Waals surface area contributed by atoms with E-state index in [1.165, 1.54) is 37.4 Å². The molecule has 0 aromatic carbocycles. The minimum absolute atomic E-state index is 0.0785. The summed E-state index contributed by atoms with van der Waals surface area (Å²) in [6.45, 7) is 3.60. The van der Waals surface area contributed by atoms with Gasteiger partial charge in [0.15, 0.2) is 0 Å². The van der Waals surface area contributed by atoms with Gasteiger partial charge in [0.1, 0.15) is 4.32 Å². The summed E-state index contributed by atoms with van der Waals surface area (Å²) in [5.41, 5.74) is 0. The predicted molar refractivity (Wildman–Crippen MR) is 114 cm³/mol. The Labute approximate surface area is 174 Å². The largest absolute Gasteiger partial charge is 0.376 e. The highest BCUT2D eigenvalue weighted by atomic mass is 79.9. The first-order valence-corrected chi connectivity index (χ1v) is 11.8. The van der Waals surface area contributed by atoms with E-state index in [4.69, 9.17) is 21.7 Å². The zero-order valence-electron chi connectivity index (χ0n) is 15.2. The van der Waals surface area contributed by atoms with Crippen LogP contribution in [0.25, 0.3) is 0 Å². The monoisotopic (exact) mass is 461 g/mol. The van der Waals surface area contributed by atoms with Crippen molar-refractivity contribution in [2.24, 2.45) is 11.8 Å². The molecule has 26 heavy (non-hydrogen) atoms. The molecule has 2 saturated carbocycles. The Morgan fingerprint density at radius 1 is 1.23 bits per heavy atom. The molecule has 3 aliphatic rings. The zero-order valence-corrected chi connectivity index (χ0v) is 18.5. The van der Waals surface area contributed by atoms with Crippen molar-refractivity contribution < 1.29 is 14.3 Å². The Balaban J connectivity index is 1.48. The Morgan fingerprint density at radius 3 is 2.77 bits per heavy atom. The molecule has 1 N–H and O–H groups in total. The maximum absolute atomic E-state index is 11.9. The van der Waals surface area contributed by atoms with Crippen LogP contribution in [0.1, 0.15) is 51.9 Å². The number of amides is 1. The third kappa shape index (κ3) is 6.03. The second kappa shape index (κ2) is 10.0. The SMILES string of the molecule is CC1CCCC(OCCOC2CCC(Br)CC2/C=C2\SC(=S)NC2=O)C1. The molecular formula is C19H28BrNO3S2. The molecule has 1 saturated heterocycles. The lowest BCUT2D eigenvalue weighted by atomic mass is 9.86. The fourth-order valence-electron chi connectivity index (χ4n) is 4.08. The summed E-state index contributed by atoms with van der Waals surface area (Å²) in [5, 5.41) is 2.69. The maximum Gasteiger partial charge on any atom is 0.263 e. The molecule has 2 aliphatic carbocycles. The Morgan fingerprint density at radius 2 is 2.04 bits per heavy atom. The van der Waals surface area contributed by atoms with Crippen LogP contribution in [0.15, 0.2) is 11.0 Å². The number of rotatable bonds is 6. The molecule has 3 rings (SSSR count). The average Bonchev–Trinajstić information content (AvgIpc) is 2.90. The Hall–Kier alpha value is 0.0500. The van der Waals surface area contributed by atoms with Gasteiger partial charge >= 0.3 is 0 Å². The van der Waals surface area contributed by atoms with E-state index in [1.54, 1.807) is 0 Å². The molecule has 0 aromatic rings.